The number of phenols is 1. The maximum absolute atomic E-state index is 9.62. The SMILES string of the molecule is Oc1c(Br)cc(CNCCCc2ncn[nH]2)cc1Br. The summed E-state index contributed by atoms with van der Waals surface area (Å²) in [5, 5.41) is 19.6. The van der Waals surface area contributed by atoms with Crippen molar-refractivity contribution in [1.82, 2.24) is 20.5 Å². The second-order valence-corrected chi connectivity index (χ2v) is 5.83. The number of nitrogens with zero attached hydrogens (tertiary/aromatic N) is 2. The fraction of sp³-hybridized carbons (Fsp3) is 0.333. The lowest BCUT2D eigenvalue weighted by atomic mass is 10.2. The quantitative estimate of drug-likeness (QED) is 0.664. The van der Waals surface area contributed by atoms with Gasteiger partial charge in [0.2, 0.25) is 0 Å². The van der Waals surface area contributed by atoms with Crippen molar-refractivity contribution in [3.63, 3.8) is 0 Å². The second kappa shape index (κ2) is 7.02. The van der Waals surface area contributed by atoms with E-state index in [1.807, 2.05) is 12.1 Å². The van der Waals surface area contributed by atoms with Gasteiger partial charge in [-0.15, -0.1) is 0 Å². The zero-order valence-electron chi connectivity index (χ0n) is 10.2. The van der Waals surface area contributed by atoms with E-state index in [2.05, 4.69) is 52.4 Å². The van der Waals surface area contributed by atoms with Crippen molar-refractivity contribution in [3.8, 4) is 5.75 Å². The molecule has 0 aliphatic rings. The molecular formula is C12H14Br2N4O. The Morgan fingerprint density at radius 3 is 2.63 bits per heavy atom. The number of aromatic hydroxyl groups is 1. The van der Waals surface area contributed by atoms with E-state index in [0.717, 1.165) is 37.3 Å². The molecule has 2 rings (SSSR count). The number of aromatic nitrogens is 3. The molecule has 0 saturated heterocycles. The number of hydrogen-bond donors (Lipinski definition) is 3. The number of H-pyrrole nitrogens is 1. The molecule has 0 aliphatic carbocycles. The first-order valence-electron chi connectivity index (χ1n) is 5.88. The van der Waals surface area contributed by atoms with Crippen molar-refractivity contribution >= 4 is 31.9 Å². The molecule has 5 nitrogen and oxygen atoms in total. The van der Waals surface area contributed by atoms with Gasteiger partial charge in [-0.2, -0.15) is 5.10 Å². The van der Waals surface area contributed by atoms with Gasteiger partial charge in [0.15, 0.2) is 0 Å². The van der Waals surface area contributed by atoms with Crippen molar-refractivity contribution in [2.75, 3.05) is 6.54 Å². The highest BCUT2D eigenvalue weighted by atomic mass is 79.9. The molecule has 7 heteroatoms. The van der Waals surface area contributed by atoms with Gasteiger partial charge >= 0.3 is 0 Å². The number of benzene rings is 1. The van der Waals surface area contributed by atoms with Crippen molar-refractivity contribution < 1.29 is 5.11 Å². The van der Waals surface area contributed by atoms with Crippen molar-refractivity contribution in [3.05, 3.63) is 38.8 Å². The zero-order valence-corrected chi connectivity index (χ0v) is 13.3. The van der Waals surface area contributed by atoms with E-state index in [4.69, 9.17) is 0 Å². The number of aromatic amines is 1. The molecule has 0 saturated carbocycles. The molecule has 1 aromatic carbocycles. The third-order valence-electron chi connectivity index (χ3n) is 2.64. The molecule has 0 unspecified atom stereocenters. The maximum Gasteiger partial charge on any atom is 0.143 e. The predicted octanol–water partition coefficient (Wildman–Crippen LogP) is 2.76. The smallest absolute Gasteiger partial charge is 0.143 e. The average Bonchev–Trinajstić information content (AvgIpc) is 2.88. The third-order valence-corrected chi connectivity index (χ3v) is 3.85. The van der Waals surface area contributed by atoms with E-state index in [9.17, 15) is 5.11 Å². The lowest BCUT2D eigenvalue weighted by Crippen LogP contribution is -2.15. The van der Waals surface area contributed by atoms with Crippen LogP contribution in [-0.2, 0) is 13.0 Å². The summed E-state index contributed by atoms with van der Waals surface area (Å²) in [7, 11) is 0. The van der Waals surface area contributed by atoms with Gasteiger partial charge < -0.3 is 10.4 Å². The maximum atomic E-state index is 9.62. The van der Waals surface area contributed by atoms with Crippen LogP contribution in [-0.4, -0.2) is 26.8 Å². The lowest BCUT2D eigenvalue weighted by molar-refractivity contribution is 0.468. The van der Waals surface area contributed by atoms with Crippen molar-refractivity contribution in [1.29, 1.82) is 0 Å². The van der Waals surface area contributed by atoms with Crippen LogP contribution in [0, 0.1) is 0 Å². The number of hydrogen-bond acceptors (Lipinski definition) is 4. The van der Waals surface area contributed by atoms with Gasteiger partial charge in [0, 0.05) is 13.0 Å². The summed E-state index contributed by atoms with van der Waals surface area (Å²) in [6, 6.07) is 3.81. The fourth-order valence-electron chi connectivity index (χ4n) is 1.68. The molecule has 0 fully saturated rings. The van der Waals surface area contributed by atoms with Crippen LogP contribution >= 0.6 is 31.9 Å². The Kier molecular flexibility index (Phi) is 5.35. The summed E-state index contributed by atoms with van der Waals surface area (Å²) in [6.45, 7) is 1.66. The zero-order chi connectivity index (χ0) is 13.7. The average molecular weight is 390 g/mol. The molecule has 0 atom stereocenters. The minimum atomic E-state index is 0.231. The van der Waals surface area contributed by atoms with Crippen molar-refractivity contribution in [2.24, 2.45) is 0 Å². The van der Waals surface area contributed by atoms with Crippen LogP contribution in [0.2, 0.25) is 0 Å². The first-order chi connectivity index (χ1) is 9.16. The van der Waals surface area contributed by atoms with Crippen LogP contribution in [0.25, 0.3) is 0 Å². The molecule has 0 amide bonds. The van der Waals surface area contributed by atoms with Crippen molar-refractivity contribution in [2.45, 2.75) is 19.4 Å². The molecule has 2 aromatic rings. The Labute approximate surface area is 128 Å². The van der Waals surface area contributed by atoms with E-state index >= 15 is 0 Å². The van der Waals surface area contributed by atoms with Gasteiger partial charge in [-0.1, -0.05) is 0 Å². The van der Waals surface area contributed by atoms with E-state index in [1.165, 1.54) is 6.33 Å². The molecule has 0 radical (unpaired) electrons. The van der Waals surface area contributed by atoms with E-state index in [-0.39, 0.29) is 5.75 Å². The molecule has 3 N–H and O–H groups in total. The number of phenolic OH excluding ortho intramolecular Hbond substituents is 1. The van der Waals surface area contributed by atoms with Gasteiger partial charge in [-0.25, -0.2) is 4.98 Å². The summed E-state index contributed by atoms with van der Waals surface area (Å²) >= 11 is 6.64. The highest BCUT2D eigenvalue weighted by Gasteiger charge is 2.05. The van der Waals surface area contributed by atoms with Gasteiger partial charge in [0.25, 0.3) is 0 Å². The van der Waals surface area contributed by atoms with E-state index < -0.39 is 0 Å². The van der Waals surface area contributed by atoms with Gasteiger partial charge in [-0.3, -0.25) is 5.10 Å². The minimum absolute atomic E-state index is 0.231. The van der Waals surface area contributed by atoms with Crippen LogP contribution in [0.5, 0.6) is 5.75 Å². The first-order valence-corrected chi connectivity index (χ1v) is 7.47. The summed E-state index contributed by atoms with van der Waals surface area (Å²) in [6.07, 6.45) is 3.40. The van der Waals surface area contributed by atoms with Crippen LogP contribution in [0.15, 0.2) is 27.4 Å². The van der Waals surface area contributed by atoms with Crippen LogP contribution in [0.3, 0.4) is 0 Å². The molecule has 0 spiro atoms. The molecular weight excluding hydrogens is 376 g/mol. The molecule has 1 aromatic heterocycles. The number of rotatable bonds is 6. The minimum Gasteiger partial charge on any atom is -0.506 e. The summed E-state index contributed by atoms with van der Waals surface area (Å²) < 4.78 is 1.39. The predicted molar refractivity (Wildman–Crippen MR) is 79.9 cm³/mol. The third kappa shape index (κ3) is 4.29. The largest absolute Gasteiger partial charge is 0.506 e. The topological polar surface area (TPSA) is 73.8 Å². The van der Waals surface area contributed by atoms with Gasteiger partial charge in [0.05, 0.1) is 8.95 Å². The Morgan fingerprint density at radius 2 is 2.00 bits per heavy atom. The monoisotopic (exact) mass is 388 g/mol. The molecule has 0 aliphatic heterocycles. The molecule has 102 valence electrons. The Balaban J connectivity index is 1.74. The Morgan fingerprint density at radius 1 is 1.26 bits per heavy atom. The van der Waals surface area contributed by atoms with E-state index in [1.54, 1.807) is 0 Å². The molecule has 1 heterocycles. The number of aryl methyl sites for hydroxylation is 1. The first kappa shape index (κ1) is 14.5. The summed E-state index contributed by atoms with van der Waals surface area (Å²) in [5.74, 6) is 1.14. The fourth-order valence-corrected chi connectivity index (χ4v) is 2.97. The van der Waals surface area contributed by atoms with E-state index in [0.29, 0.717) is 8.95 Å². The summed E-state index contributed by atoms with van der Waals surface area (Å²) in [5.41, 5.74) is 1.11. The highest BCUT2D eigenvalue weighted by Crippen LogP contribution is 2.33. The summed E-state index contributed by atoms with van der Waals surface area (Å²) in [4.78, 5) is 4.07. The molecule has 19 heavy (non-hydrogen) atoms. The Bertz CT molecular complexity index is 508. The standard InChI is InChI=1S/C12H14Br2N4O/c13-9-4-8(5-10(14)12(9)19)6-15-3-1-2-11-16-7-17-18-11/h4-5,7,15,19H,1-3,6H2,(H,16,17,18). The van der Waals surface area contributed by atoms with Crippen LogP contribution < -0.4 is 5.32 Å². The number of nitrogens with one attached hydrogen (secondary N) is 2. The van der Waals surface area contributed by atoms with Crippen LogP contribution in [0.1, 0.15) is 17.8 Å². The van der Waals surface area contributed by atoms with Crippen LogP contribution in [0.4, 0.5) is 0 Å². The highest BCUT2D eigenvalue weighted by molar-refractivity contribution is 9.11. The second-order valence-electron chi connectivity index (χ2n) is 4.12. The molecule has 0 bridgehead atoms. The normalized spacial score (nSPS) is 10.8. The number of halogens is 2. The Hall–Kier alpha value is -0.920. The van der Waals surface area contributed by atoms with Gasteiger partial charge in [-0.05, 0) is 62.5 Å². The lowest BCUT2D eigenvalue weighted by Gasteiger charge is -2.07. The van der Waals surface area contributed by atoms with Gasteiger partial charge in [0.1, 0.15) is 17.9 Å².